The molecule has 0 saturated heterocycles. The normalized spacial score (nSPS) is 15.8. The zero-order valence-electron chi connectivity index (χ0n) is 14.0. The van der Waals surface area contributed by atoms with Gasteiger partial charge >= 0.3 is 5.97 Å². The molecule has 0 bridgehead atoms. The largest absolute Gasteiger partial charge is 0.476 e. The van der Waals surface area contributed by atoms with Crippen molar-refractivity contribution in [3.63, 3.8) is 0 Å². The first kappa shape index (κ1) is 17.3. The van der Waals surface area contributed by atoms with Crippen molar-refractivity contribution < 1.29 is 23.8 Å². The molecule has 1 amide bonds. The van der Waals surface area contributed by atoms with Gasteiger partial charge in [0.25, 0.3) is 5.91 Å². The molecule has 0 spiro atoms. The molecule has 126 valence electrons. The highest BCUT2D eigenvalue weighted by atomic mass is 16.6. The maximum Gasteiger partial charge on any atom is 0.326 e. The van der Waals surface area contributed by atoms with Crippen molar-refractivity contribution in [1.29, 1.82) is 0 Å². The number of nitrogens with zero attached hydrogens (tertiary/aromatic N) is 1. The number of carbonyl (C=O) groups is 2. The van der Waals surface area contributed by atoms with Crippen LogP contribution in [0, 0.1) is 6.92 Å². The van der Waals surface area contributed by atoms with Crippen molar-refractivity contribution >= 4 is 17.6 Å². The molecular formula is C17H23NO5. The van der Waals surface area contributed by atoms with E-state index in [1.54, 1.807) is 13.8 Å². The number of fused-ring (bicyclic) bond motifs is 1. The smallest absolute Gasteiger partial charge is 0.326 e. The minimum Gasteiger partial charge on any atom is -0.476 e. The van der Waals surface area contributed by atoms with E-state index in [1.807, 2.05) is 32.0 Å². The maximum absolute atomic E-state index is 12.6. The van der Waals surface area contributed by atoms with Gasteiger partial charge in [-0.1, -0.05) is 6.07 Å². The van der Waals surface area contributed by atoms with Crippen molar-refractivity contribution in [3.05, 3.63) is 23.8 Å². The fourth-order valence-corrected chi connectivity index (χ4v) is 2.37. The van der Waals surface area contributed by atoms with Gasteiger partial charge in [-0.05, 0) is 45.4 Å². The topological polar surface area (TPSA) is 65.1 Å². The average Bonchev–Trinajstić information content (AvgIpc) is 2.49. The monoisotopic (exact) mass is 321 g/mol. The Labute approximate surface area is 136 Å². The Bertz CT molecular complexity index is 597. The SMILES string of the molecule is CCOCCOC(=O)CN1C(=O)C(C)(C)Oc2ccc(C)cc21. The van der Waals surface area contributed by atoms with Gasteiger partial charge in [0.2, 0.25) is 0 Å². The summed E-state index contributed by atoms with van der Waals surface area (Å²) in [6.45, 7) is 8.11. The number of rotatable bonds is 6. The van der Waals surface area contributed by atoms with Crippen LogP contribution < -0.4 is 9.64 Å². The molecule has 0 fully saturated rings. The lowest BCUT2D eigenvalue weighted by atomic mass is 10.0. The van der Waals surface area contributed by atoms with Crippen molar-refractivity contribution in [1.82, 2.24) is 0 Å². The number of ether oxygens (including phenoxy) is 3. The lowest BCUT2D eigenvalue weighted by Gasteiger charge is -2.38. The van der Waals surface area contributed by atoms with E-state index >= 15 is 0 Å². The van der Waals surface area contributed by atoms with E-state index in [9.17, 15) is 9.59 Å². The second-order valence-electron chi connectivity index (χ2n) is 5.89. The predicted octanol–water partition coefficient (Wildman–Crippen LogP) is 2.08. The molecule has 0 aromatic heterocycles. The predicted molar refractivity (Wildman–Crippen MR) is 85.7 cm³/mol. The van der Waals surface area contributed by atoms with Crippen LogP contribution in [0.4, 0.5) is 5.69 Å². The molecule has 0 radical (unpaired) electrons. The third-order valence-electron chi connectivity index (χ3n) is 3.51. The van der Waals surface area contributed by atoms with E-state index in [0.29, 0.717) is 24.7 Å². The van der Waals surface area contributed by atoms with Crippen LogP contribution in [0.3, 0.4) is 0 Å². The summed E-state index contributed by atoms with van der Waals surface area (Å²) >= 11 is 0. The zero-order chi connectivity index (χ0) is 17.0. The van der Waals surface area contributed by atoms with Crippen LogP contribution in [-0.4, -0.2) is 43.8 Å². The molecule has 1 aromatic carbocycles. The molecule has 0 atom stereocenters. The van der Waals surface area contributed by atoms with E-state index in [0.717, 1.165) is 5.56 Å². The number of anilines is 1. The quantitative estimate of drug-likeness (QED) is 0.593. The van der Waals surface area contributed by atoms with Crippen LogP contribution in [0.1, 0.15) is 26.3 Å². The summed E-state index contributed by atoms with van der Waals surface area (Å²) in [6, 6.07) is 5.55. The van der Waals surface area contributed by atoms with Crippen LogP contribution in [0.15, 0.2) is 18.2 Å². The fourth-order valence-electron chi connectivity index (χ4n) is 2.37. The van der Waals surface area contributed by atoms with Gasteiger partial charge in [-0.25, -0.2) is 0 Å². The number of hydrogen-bond donors (Lipinski definition) is 0. The standard InChI is InChI=1S/C17H23NO5/c1-5-21-8-9-22-15(19)11-18-13-10-12(2)6-7-14(13)23-17(3,4)16(18)20/h6-7,10H,5,8-9,11H2,1-4H3. The van der Waals surface area contributed by atoms with Crippen LogP contribution in [0.2, 0.25) is 0 Å². The molecule has 1 aliphatic rings. The van der Waals surface area contributed by atoms with Gasteiger partial charge in [-0.2, -0.15) is 0 Å². The van der Waals surface area contributed by atoms with E-state index < -0.39 is 11.6 Å². The van der Waals surface area contributed by atoms with Gasteiger partial charge in [0.15, 0.2) is 5.60 Å². The first-order chi connectivity index (χ1) is 10.8. The van der Waals surface area contributed by atoms with Crippen molar-refractivity contribution in [3.8, 4) is 5.75 Å². The summed E-state index contributed by atoms with van der Waals surface area (Å²) in [5.74, 6) is -0.150. The number of aryl methyl sites for hydroxylation is 1. The van der Waals surface area contributed by atoms with Crippen LogP contribution in [-0.2, 0) is 19.1 Å². The first-order valence-electron chi connectivity index (χ1n) is 7.70. The molecular weight excluding hydrogens is 298 g/mol. The number of esters is 1. The lowest BCUT2D eigenvalue weighted by Crippen LogP contribution is -2.54. The second-order valence-corrected chi connectivity index (χ2v) is 5.89. The third-order valence-corrected chi connectivity index (χ3v) is 3.51. The first-order valence-corrected chi connectivity index (χ1v) is 7.70. The van der Waals surface area contributed by atoms with Crippen LogP contribution in [0.5, 0.6) is 5.75 Å². The highest BCUT2D eigenvalue weighted by Gasteiger charge is 2.41. The lowest BCUT2D eigenvalue weighted by molar-refractivity contribution is -0.145. The number of benzene rings is 1. The average molecular weight is 321 g/mol. The molecule has 0 unspecified atom stereocenters. The molecule has 6 heteroatoms. The number of carbonyl (C=O) groups excluding carboxylic acids is 2. The molecule has 0 N–H and O–H groups in total. The summed E-state index contributed by atoms with van der Waals surface area (Å²) in [7, 11) is 0. The molecule has 1 heterocycles. The van der Waals surface area contributed by atoms with Crippen molar-refractivity contribution in [2.24, 2.45) is 0 Å². The van der Waals surface area contributed by atoms with Crippen molar-refractivity contribution in [2.75, 3.05) is 31.3 Å². The summed E-state index contributed by atoms with van der Waals surface area (Å²) in [5, 5.41) is 0. The second kappa shape index (κ2) is 7.00. The maximum atomic E-state index is 12.6. The van der Waals surface area contributed by atoms with Gasteiger partial charge < -0.3 is 14.2 Å². The Balaban J connectivity index is 2.14. The number of hydrogen-bond acceptors (Lipinski definition) is 5. The summed E-state index contributed by atoms with van der Waals surface area (Å²) in [4.78, 5) is 26.0. The van der Waals surface area contributed by atoms with Gasteiger partial charge in [0, 0.05) is 6.61 Å². The van der Waals surface area contributed by atoms with Crippen molar-refractivity contribution in [2.45, 2.75) is 33.3 Å². The van der Waals surface area contributed by atoms with E-state index in [2.05, 4.69) is 0 Å². The summed E-state index contributed by atoms with van der Waals surface area (Å²) < 4.78 is 16.0. The molecule has 0 aliphatic carbocycles. The Morgan fingerprint density at radius 1 is 1.30 bits per heavy atom. The fraction of sp³-hybridized carbons (Fsp3) is 0.529. The van der Waals surface area contributed by atoms with Gasteiger partial charge in [-0.15, -0.1) is 0 Å². The minimum absolute atomic E-state index is 0.145. The Kier molecular flexibility index (Phi) is 5.26. The molecule has 1 aliphatic heterocycles. The molecule has 1 aromatic rings. The Morgan fingerprint density at radius 3 is 2.74 bits per heavy atom. The Hall–Kier alpha value is -2.08. The summed E-state index contributed by atoms with van der Waals surface area (Å²) in [6.07, 6.45) is 0. The molecule has 23 heavy (non-hydrogen) atoms. The number of amides is 1. The molecule has 0 saturated carbocycles. The van der Waals surface area contributed by atoms with E-state index in [1.165, 1.54) is 4.90 Å². The van der Waals surface area contributed by atoms with Crippen LogP contribution >= 0.6 is 0 Å². The van der Waals surface area contributed by atoms with Crippen LogP contribution in [0.25, 0.3) is 0 Å². The van der Waals surface area contributed by atoms with E-state index in [-0.39, 0.29) is 19.1 Å². The van der Waals surface area contributed by atoms with Gasteiger partial charge in [0.05, 0.1) is 12.3 Å². The molecule has 6 nitrogen and oxygen atoms in total. The Morgan fingerprint density at radius 2 is 2.04 bits per heavy atom. The summed E-state index contributed by atoms with van der Waals surface area (Å²) in [5.41, 5.74) is 0.555. The third kappa shape index (κ3) is 4.01. The minimum atomic E-state index is -1.02. The van der Waals surface area contributed by atoms with Gasteiger partial charge in [-0.3, -0.25) is 14.5 Å². The highest BCUT2D eigenvalue weighted by molar-refractivity contribution is 6.05. The van der Waals surface area contributed by atoms with Gasteiger partial charge in [0.1, 0.15) is 18.9 Å². The molecule has 2 rings (SSSR count). The zero-order valence-corrected chi connectivity index (χ0v) is 14.0. The van der Waals surface area contributed by atoms with E-state index in [4.69, 9.17) is 14.2 Å². The highest BCUT2D eigenvalue weighted by Crippen LogP contribution is 2.38.